The highest BCUT2D eigenvalue weighted by Crippen LogP contribution is 2.66. The lowest BCUT2D eigenvalue weighted by atomic mass is 9.74. The highest BCUT2D eigenvalue weighted by atomic mass is 32.2. The Kier molecular flexibility index (Phi) is 3.11. The van der Waals surface area contributed by atoms with E-state index in [1.807, 2.05) is 0 Å². The monoisotopic (exact) mass is 390 g/mol. The third-order valence-electron chi connectivity index (χ3n) is 6.69. The van der Waals surface area contributed by atoms with Crippen molar-refractivity contribution in [2.45, 2.75) is 16.8 Å². The minimum atomic E-state index is -0.281. The van der Waals surface area contributed by atoms with Crippen LogP contribution in [-0.2, 0) is 4.18 Å². The summed E-state index contributed by atoms with van der Waals surface area (Å²) in [5, 5.41) is 5.36. The van der Waals surface area contributed by atoms with Crippen molar-refractivity contribution in [2.24, 2.45) is 0 Å². The number of hydrogen-bond donors (Lipinski definition) is 0. The zero-order chi connectivity index (χ0) is 19.0. The zero-order valence-corrected chi connectivity index (χ0v) is 16.5. The second kappa shape index (κ2) is 5.63. The van der Waals surface area contributed by atoms with E-state index < -0.39 is 0 Å². The molecule has 1 fully saturated rings. The largest absolute Gasteiger partial charge is 0.291 e. The average Bonchev–Trinajstić information content (AvgIpc) is 3.57. The lowest BCUT2D eigenvalue weighted by Gasteiger charge is -2.32. The Labute approximate surface area is 173 Å². The van der Waals surface area contributed by atoms with Gasteiger partial charge in [-0.2, -0.15) is 0 Å². The van der Waals surface area contributed by atoms with Crippen molar-refractivity contribution in [3.05, 3.63) is 107 Å². The van der Waals surface area contributed by atoms with Crippen molar-refractivity contribution < 1.29 is 4.18 Å². The summed E-state index contributed by atoms with van der Waals surface area (Å²) in [5.41, 5.74) is 5.37. The van der Waals surface area contributed by atoms with Crippen LogP contribution in [0.2, 0.25) is 0 Å². The Morgan fingerprint density at radius 2 is 1.07 bits per heavy atom. The molecule has 2 atom stereocenters. The fourth-order valence-electron chi connectivity index (χ4n) is 5.35. The van der Waals surface area contributed by atoms with Gasteiger partial charge in [0.25, 0.3) is 0 Å². The molecule has 1 aliphatic heterocycles. The lowest BCUT2D eigenvalue weighted by molar-refractivity contribution is 0.271. The van der Waals surface area contributed by atoms with Crippen molar-refractivity contribution >= 4 is 45.7 Å². The highest BCUT2D eigenvalue weighted by molar-refractivity contribution is 8.01. The van der Waals surface area contributed by atoms with Crippen molar-refractivity contribution in [3.8, 4) is 0 Å². The Hall–Kier alpha value is -2.81. The van der Waals surface area contributed by atoms with Gasteiger partial charge in [-0.05, 0) is 43.8 Å². The lowest BCUT2D eigenvalue weighted by Crippen LogP contribution is -2.28. The van der Waals surface area contributed by atoms with Gasteiger partial charge in [-0.15, -0.1) is 0 Å². The van der Waals surface area contributed by atoms with Crippen LogP contribution in [-0.4, -0.2) is 4.93 Å². The van der Waals surface area contributed by atoms with Crippen molar-refractivity contribution in [1.82, 2.24) is 0 Å². The van der Waals surface area contributed by atoms with Gasteiger partial charge in [0, 0.05) is 23.9 Å². The van der Waals surface area contributed by atoms with E-state index in [9.17, 15) is 0 Å². The number of rotatable bonds is 2. The molecule has 0 saturated carbocycles. The molecule has 1 saturated heterocycles. The van der Waals surface area contributed by atoms with Gasteiger partial charge in [0.05, 0.1) is 0 Å². The van der Waals surface area contributed by atoms with Crippen LogP contribution in [0.25, 0.3) is 33.7 Å². The molecule has 2 heteroatoms. The van der Waals surface area contributed by atoms with E-state index in [1.165, 1.54) is 43.8 Å². The van der Waals surface area contributed by atoms with Crippen LogP contribution in [0.4, 0.5) is 0 Å². The average molecular weight is 391 g/mol. The smallest absolute Gasteiger partial charge is 0.174 e. The predicted molar refractivity (Wildman–Crippen MR) is 123 cm³/mol. The fourth-order valence-corrected chi connectivity index (χ4v) is 6.28. The number of benzene rings is 4. The van der Waals surface area contributed by atoms with E-state index in [0.717, 1.165) is 0 Å². The molecule has 4 aromatic rings. The molecule has 3 aliphatic rings. The molecule has 1 nitrogen and oxygen atoms in total. The standard InChI is InChI=1S/C27H18OS/c1-5-17-9-3-11-21-23(15-13-19(7-1)25(17)21)27(28-29-27)24-16-14-20-8-2-6-18-10-4-12-22(24)26(18)20/h1-16,23-24H. The first-order valence-corrected chi connectivity index (χ1v) is 10.9. The molecule has 0 N–H and O–H groups in total. The fraction of sp³-hybridized carbons (Fsp3) is 0.111. The van der Waals surface area contributed by atoms with Crippen LogP contribution in [0.3, 0.4) is 0 Å². The Bertz CT molecular complexity index is 1260. The van der Waals surface area contributed by atoms with Gasteiger partial charge in [0.1, 0.15) is 0 Å². The Balaban J connectivity index is 1.43. The van der Waals surface area contributed by atoms with Crippen molar-refractivity contribution in [3.63, 3.8) is 0 Å². The van der Waals surface area contributed by atoms with Gasteiger partial charge in [-0.1, -0.05) is 97.1 Å². The Morgan fingerprint density at radius 3 is 1.52 bits per heavy atom. The van der Waals surface area contributed by atoms with Crippen LogP contribution in [0.1, 0.15) is 34.1 Å². The molecule has 2 unspecified atom stereocenters. The van der Waals surface area contributed by atoms with Crippen LogP contribution >= 0.6 is 12.0 Å². The molecule has 2 aliphatic carbocycles. The van der Waals surface area contributed by atoms with E-state index >= 15 is 0 Å². The predicted octanol–water partition coefficient (Wildman–Crippen LogP) is 7.29. The minimum Gasteiger partial charge on any atom is -0.291 e. The quantitative estimate of drug-likeness (QED) is 0.263. The molecule has 29 heavy (non-hydrogen) atoms. The highest BCUT2D eigenvalue weighted by Gasteiger charge is 2.60. The molecular weight excluding hydrogens is 372 g/mol. The molecule has 0 spiro atoms. The third-order valence-corrected chi connectivity index (χ3v) is 7.75. The molecule has 138 valence electrons. The number of hydrogen-bond acceptors (Lipinski definition) is 2. The van der Waals surface area contributed by atoms with E-state index in [0.29, 0.717) is 0 Å². The van der Waals surface area contributed by atoms with E-state index in [4.69, 9.17) is 4.18 Å². The molecule has 0 aromatic heterocycles. The SMILES string of the molecule is C1=CC(C2(C3C=Cc4cccc5cccc3c45)OS2)c2cccc3cccc1c23. The summed E-state index contributed by atoms with van der Waals surface area (Å²) >= 11 is 1.64. The van der Waals surface area contributed by atoms with Gasteiger partial charge in [0.15, 0.2) is 4.93 Å². The van der Waals surface area contributed by atoms with E-state index in [1.54, 1.807) is 12.0 Å². The first kappa shape index (κ1) is 16.0. The summed E-state index contributed by atoms with van der Waals surface area (Å²) in [5.74, 6) is 0.447. The maximum Gasteiger partial charge on any atom is 0.174 e. The second-order valence-electron chi connectivity index (χ2n) is 8.15. The van der Waals surface area contributed by atoms with Gasteiger partial charge in [0.2, 0.25) is 0 Å². The Morgan fingerprint density at radius 1 is 0.621 bits per heavy atom. The summed E-state index contributed by atoms with van der Waals surface area (Å²) in [6.07, 6.45) is 9.27. The summed E-state index contributed by atoms with van der Waals surface area (Å²) in [7, 11) is 0. The van der Waals surface area contributed by atoms with Crippen LogP contribution in [0.5, 0.6) is 0 Å². The van der Waals surface area contributed by atoms with Crippen LogP contribution in [0, 0.1) is 0 Å². The van der Waals surface area contributed by atoms with E-state index in [-0.39, 0.29) is 16.8 Å². The summed E-state index contributed by atoms with van der Waals surface area (Å²) in [6.45, 7) is 0. The zero-order valence-electron chi connectivity index (χ0n) is 15.7. The van der Waals surface area contributed by atoms with Crippen molar-refractivity contribution in [2.75, 3.05) is 0 Å². The first-order valence-electron chi connectivity index (χ1n) is 10.1. The van der Waals surface area contributed by atoms with Gasteiger partial charge < -0.3 is 0 Å². The maximum absolute atomic E-state index is 6.28. The topological polar surface area (TPSA) is 12.5 Å². The third kappa shape index (κ3) is 2.11. The maximum atomic E-state index is 6.28. The second-order valence-corrected chi connectivity index (χ2v) is 9.12. The minimum absolute atomic E-state index is 0.223. The molecule has 0 radical (unpaired) electrons. The first-order chi connectivity index (χ1) is 14.4. The molecule has 4 aromatic carbocycles. The summed E-state index contributed by atoms with van der Waals surface area (Å²) in [4.78, 5) is -0.281. The van der Waals surface area contributed by atoms with Crippen LogP contribution < -0.4 is 0 Å². The molecule has 0 amide bonds. The normalized spacial score (nSPS) is 26.2. The van der Waals surface area contributed by atoms with E-state index in [2.05, 4.69) is 97.1 Å². The summed E-state index contributed by atoms with van der Waals surface area (Å²) < 4.78 is 6.28. The molecular formula is C27H18OS. The molecule has 1 heterocycles. The molecule has 0 bridgehead atoms. The van der Waals surface area contributed by atoms with Crippen LogP contribution in [0.15, 0.2) is 84.9 Å². The van der Waals surface area contributed by atoms with Gasteiger partial charge >= 0.3 is 0 Å². The molecule has 7 rings (SSSR count). The van der Waals surface area contributed by atoms with Gasteiger partial charge in [-0.3, -0.25) is 4.18 Å². The van der Waals surface area contributed by atoms with Crippen molar-refractivity contribution in [1.29, 1.82) is 0 Å². The summed E-state index contributed by atoms with van der Waals surface area (Å²) in [6, 6.07) is 26.5. The van der Waals surface area contributed by atoms with Gasteiger partial charge in [-0.25, -0.2) is 0 Å².